The van der Waals surface area contributed by atoms with Crippen molar-refractivity contribution in [2.24, 2.45) is 7.05 Å². The lowest BCUT2D eigenvalue weighted by molar-refractivity contribution is -0.137. The van der Waals surface area contributed by atoms with E-state index in [4.69, 9.17) is 17.3 Å². The Bertz CT molecular complexity index is 1250. The lowest BCUT2D eigenvalue weighted by atomic mass is 10.0. The maximum absolute atomic E-state index is 12.9. The van der Waals surface area contributed by atoms with Crippen LogP contribution in [0, 0.1) is 18.3 Å². The molecular formula is C23H22N4O4S2. The largest absolute Gasteiger partial charge is 0.481 e. The molecule has 1 amide bonds. The second kappa shape index (κ2) is 10.5. The number of anilines is 1. The van der Waals surface area contributed by atoms with Gasteiger partial charge in [-0.1, -0.05) is 54.3 Å². The van der Waals surface area contributed by atoms with E-state index >= 15 is 0 Å². The SMILES string of the molecule is Cc1c(/C=C2/SC(=S)N(CCC(=O)O)C2=O)c(NCCc2ccccc2)n(C)c(=O)c1C#N. The Morgan fingerprint density at radius 3 is 2.64 bits per heavy atom. The van der Waals surface area contributed by atoms with Crippen molar-refractivity contribution in [2.75, 3.05) is 18.4 Å². The van der Waals surface area contributed by atoms with Crippen LogP contribution in [0.3, 0.4) is 0 Å². The summed E-state index contributed by atoms with van der Waals surface area (Å²) < 4.78 is 1.64. The van der Waals surface area contributed by atoms with Gasteiger partial charge in [0.15, 0.2) is 0 Å². The van der Waals surface area contributed by atoms with Crippen LogP contribution in [0.1, 0.15) is 28.7 Å². The van der Waals surface area contributed by atoms with Crippen molar-refractivity contribution in [1.29, 1.82) is 5.26 Å². The standard InChI is InChI=1S/C23H22N4O4S2/c1-14-16(12-18-22(31)27(23(32)33-18)11-9-19(28)29)20(26(2)21(30)17(14)13-24)25-10-8-15-6-4-3-5-7-15/h3-7,12,25H,8-11H2,1-2H3,(H,28,29)/b18-12+. The first-order chi connectivity index (χ1) is 15.7. The molecule has 170 valence electrons. The van der Waals surface area contributed by atoms with Gasteiger partial charge in [0.25, 0.3) is 11.5 Å². The van der Waals surface area contributed by atoms with Crippen molar-refractivity contribution >= 4 is 52.1 Å². The number of amides is 1. The van der Waals surface area contributed by atoms with Gasteiger partial charge in [0.1, 0.15) is 21.8 Å². The minimum atomic E-state index is -1.02. The molecular weight excluding hydrogens is 460 g/mol. The van der Waals surface area contributed by atoms with Crippen molar-refractivity contribution in [2.45, 2.75) is 19.8 Å². The normalized spacial score (nSPS) is 14.6. The molecule has 2 heterocycles. The van der Waals surface area contributed by atoms with Crippen LogP contribution in [-0.2, 0) is 23.1 Å². The number of carboxylic acids is 1. The molecule has 33 heavy (non-hydrogen) atoms. The maximum Gasteiger partial charge on any atom is 0.305 e. The number of benzene rings is 1. The first-order valence-corrected chi connectivity index (χ1v) is 11.4. The molecule has 2 aromatic rings. The van der Waals surface area contributed by atoms with Crippen LogP contribution in [-0.4, -0.2) is 43.9 Å². The van der Waals surface area contributed by atoms with E-state index in [-0.39, 0.29) is 22.8 Å². The monoisotopic (exact) mass is 482 g/mol. The number of carbonyl (C=O) groups excluding carboxylic acids is 1. The molecule has 1 aliphatic heterocycles. The fourth-order valence-electron chi connectivity index (χ4n) is 3.45. The van der Waals surface area contributed by atoms with Gasteiger partial charge in [-0.15, -0.1) is 0 Å². The van der Waals surface area contributed by atoms with Gasteiger partial charge in [-0.25, -0.2) is 0 Å². The Labute approximate surface area is 200 Å². The molecule has 2 N–H and O–H groups in total. The van der Waals surface area contributed by atoms with Crippen molar-refractivity contribution in [3.05, 3.63) is 67.8 Å². The topological polar surface area (TPSA) is 115 Å². The molecule has 1 fully saturated rings. The van der Waals surface area contributed by atoms with Crippen LogP contribution in [0.15, 0.2) is 40.0 Å². The van der Waals surface area contributed by atoms with E-state index in [0.29, 0.717) is 34.8 Å². The highest BCUT2D eigenvalue weighted by atomic mass is 32.2. The summed E-state index contributed by atoms with van der Waals surface area (Å²) in [6, 6.07) is 11.8. The van der Waals surface area contributed by atoms with Gasteiger partial charge in [0, 0.05) is 25.7 Å². The molecule has 8 nitrogen and oxygen atoms in total. The summed E-state index contributed by atoms with van der Waals surface area (Å²) >= 11 is 6.33. The van der Waals surface area contributed by atoms with Crippen molar-refractivity contribution in [3.63, 3.8) is 0 Å². The smallest absolute Gasteiger partial charge is 0.305 e. The molecule has 0 radical (unpaired) electrons. The Morgan fingerprint density at radius 2 is 2.00 bits per heavy atom. The number of nitriles is 1. The van der Waals surface area contributed by atoms with Gasteiger partial charge >= 0.3 is 5.97 Å². The third-order valence-electron chi connectivity index (χ3n) is 5.25. The lowest BCUT2D eigenvalue weighted by Crippen LogP contribution is -2.30. The first kappa shape index (κ1) is 24.2. The van der Waals surface area contributed by atoms with Gasteiger partial charge in [-0.2, -0.15) is 5.26 Å². The maximum atomic E-state index is 12.9. The van der Waals surface area contributed by atoms with E-state index in [2.05, 4.69) is 5.32 Å². The summed E-state index contributed by atoms with van der Waals surface area (Å²) in [5, 5.41) is 21.7. The van der Waals surface area contributed by atoms with Crippen LogP contribution in [0.2, 0.25) is 0 Å². The van der Waals surface area contributed by atoms with E-state index in [1.165, 1.54) is 9.47 Å². The number of hydrogen-bond acceptors (Lipinski definition) is 7. The zero-order chi connectivity index (χ0) is 24.1. The Kier molecular flexibility index (Phi) is 7.68. The molecule has 0 bridgehead atoms. The number of aliphatic carboxylic acids is 1. The van der Waals surface area contributed by atoms with Gasteiger partial charge in [0.05, 0.1) is 11.3 Å². The quantitative estimate of drug-likeness (QED) is 0.436. The number of thiocarbonyl (C=S) groups is 1. The van der Waals surface area contributed by atoms with Crippen LogP contribution in [0.4, 0.5) is 5.82 Å². The summed E-state index contributed by atoms with van der Waals surface area (Å²) in [6.45, 7) is 2.18. The predicted octanol–water partition coefficient (Wildman–Crippen LogP) is 2.90. The summed E-state index contributed by atoms with van der Waals surface area (Å²) in [5.41, 5.74) is 1.70. The van der Waals surface area contributed by atoms with E-state index in [9.17, 15) is 19.6 Å². The van der Waals surface area contributed by atoms with Crippen LogP contribution >= 0.6 is 24.0 Å². The fourth-order valence-corrected chi connectivity index (χ4v) is 4.74. The number of thioether (sulfide) groups is 1. The molecule has 1 saturated heterocycles. The molecule has 0 unspecified atom stereocenters. The number of carbonyl (C=O) groups is 2. The summed E-state index contributed by atoms with van der Waals surface area (Å²) in [7, 11) is 1.57. The minimum absolute atomic E-state index is 0.00119. The van der Waals surface area contributed by atoms with Crippen LogP contribution in [0.5, 0.6) is 0 Å². The number of nitrogens with one attached hydrogen (secondary N) is 1. The van der Waals surface area contributed by atoms with Crippen LogP contribution < -0.4 is 10.9 Å². The molecule has 1 aromatic carbocycles. The predicted molar refractivity (Wildman–Crippen MR) is 132 cm³/mol. The summed E-state index contributed by atoms with van der Waals surface area (Å²) in [5.74, 6) is -0.929. The lowest BCUT2D eigenvalue weighted by Gasteiger charge is -2.18. The van der Waals surface area contributed by atoms with E-state index < -0.39 is 17.4 Å². The zero-order valence-corrected chi connectivity index (χ0v) is 19.8. The Morgan fingerprint density at radius 1 is 1.30 bits per heavy atom. The van der Waals surface area contributed by atoms with E-state index in [0.717, 1.165) is 17.3 Å². The van der Waals surface area contributed by atoms with Gasteiger partial charge in [-0.3, -0.25) is 23.9 Å². The second-order valence-electron chi connectivity index (χ2n) is 7.38. The zero-order valence-electron chi connectivity index (χ0n) is 18.1. The highest BCUT2D eigenvalue weighted by molar-refractivity contribution is 8.26. The average Bonchev–Trinajstić information content (AvgIpc) is 3.05. The highest BCUT2D eigenvalue weighted by Crippen LogP contribution is 2.34. The molecule has 0 saturated carbocycles. The summed E-state index contributed by atoms with van der Waals surface area (Å²) in [4.78, 5) is 38.0. The van der Waals surface area contributed by atoms with Gasteiger partial charge in [-0.05, 0) is 30.5 Å². The third kappa shape index (κ3) is 5.32. The summed E-state index contributed by atoms with van der Waals surface area (Å²) in [6.07, 6.45) is 2.11. The molecule has 1 aliphatic rings. The number of carboxylic acid groups (broad SMARTS) is 1. The second-order valence-corrected chi connectivity index (χ2v) is 9.05. The molecule has 1 aromatic heterocycles. The molecule has 3 rings (SSSR count). The number of pyridine rings is 1. The fraction of sp³-hybridized carbons (Fsp3) is 0.261. The van der Waals surface area contributed by atoms with Crippen LogP contribution in [0.25, 0.3) is 6.08 Å². The number of nitrogens with zero attached hydrogens (tertiary/aromatic N) is 3. The van der Waals surface area contributed by atoms with Crippen molar-refractivity contribution in [1.82, 2.24) is 9.47 Å². The van der Waals surface area contributed by atoms with Crippen molar-refractivity contribution < 1.29 is 14.7 Å². The number of rotatable bonds is 8. The average molecular weight is 483 g/mol. The van der Waals surface area contributed by atoms with Gasteiger partial charge in [0.2, 0.25) is 0 Å². The molecule has 10 heteroatoms. The minimum Gasteiger partial charge on any atom is -0.481 e. The Hall–Kier alpha value is -3.42. The van der Waals surface area contributed by atoms with E-state index in [1.807, 2.05) is 36.4 Å². The van der Waals surface area contributed by atoms with Gasteiger partial charge < -0.3 is 10.4 Å². The third-order valence-corrected chi connectivity index (χ3v) is 6.62. The Balaban J connectivity index is 1.97. The van der Waals surface area contributed by atoms with E-state index in [1.54, 1.807) is 20.0 Å². The number of hydrogen-bond donors (Lipinski definition) is 2. The van der Waals surface area contributed by atoms with Crippen molar-refractivity contribution in [3.8, 4) is 6.07 Å². The first-order valence-electron chi connectivity index (χ1n) is 10.1. The highest BCUT2D eigenvalue weighted by Gasteiger charge is 2.32. The number of aromatic nitrogens is 1. The molecule has 0 spiro atoms. The molecule has 0 aliphatic carbocycles. The molecule has 0 atom stereocenters.